The molecule has 7 aliphatic heterocycles. The van der Waals surface area contributed by atoms with E-state index in [-0.39, 0.29) is 17.6 Å². The topological polar surface area (TPSA) is 170 Å². The lowest BCUT2D eigenvalue weighted by Gasteiger charge is -2.37. The Bertz CT molecular complexity index is 1630. The van der Waals surface area contributed by atoms with Crippen LogP contribution < -0.4 is 36.6 Å². The number of anilines is 4. The van der Waals surface area contributed by atoms with Gasteiger partial charge in [-0.05, 0) is 37.0 Å². The van der Waals surface area contributed by atoms with Crippen LogP contribution in [0.3, 0.4) is 0 Å². The van der Waals surface area contributed by atoms with Gasteiger partial charge in [-0.15, -0.1) is 0 Å². The fourth-order valence-electron chi connectivity index (χ4n) is 6.17. The van der Waals surface area contributed by atoms with Crippen molar-refractivity contribution in [2.24, 2.45) is 5.73 Å². The van der Waals surface area contributed by atoms with Crippen LogP contribution in [0.2, 0.25) is 0 Å². The number of hydrazine groups is 1. The first-order chi connectivity index (χ1) is 22.9. The zero-order valence-corrected chi connectivity index (χ0v) is 26.7. The molecule has 2 amide bonds. The number of aryl methyl sites for hydroxylation is 1. The van der Waals surface area contributed by atoms with Gasteiger partial charge in [0.1, 0.15) is 5.75 Å². The van der Waals surface area contributed by atoms with E-state index in [2.05, 4.69) is 25.5 Å². The lowest BCUT2D eigenvalue weighted by atomic mass is 10.1. The maximum absolute atomic E-state index is 12.8. The van der Waals surface area contributed by atoms with Crippen molar-refractivity contribution in [1.29, 1.82) is 0 Å². The van der Waals surface area contributed by atoms with Crippen LogP contribution in [0.4, 0.5) is 23.0 Å². The van der Waals surface area contributed by atoms with Crippen molar-refractivity contribution >= 4 is 40.5 Å². The van der Waals surface area contributed by atoms with E-state index in [4.69, 9.17) is 20.2 Å². The van der Waals surface area contributed by atoms with E-state index in [1.807, 2.05) is 49.4 Å². The number of ether oxygens (including phenoxy) is 2. The third-order valence-electron chi connectivity index (χ3n) is 8.73. The molecule has 0 atom stereocenters. The molecule has 0 unspecified atom stereocenters. The maximum atomic E-state index is 12.8. The Morgan fingerprint density at radius 3 is 2.47 bits per heavy atom. The molecular formula is C33H41N9O5. The Morgan fingerprint density at radius 2 is 1.81 bits per heavy atom. The van der Waals surface area contributed by atoms with Gasteiger partial charge >= 0.3 is 0 Å². The first-order valence-corrected chi connectivity index (χ1v) is 15.9. The second-order valence-electron chi connectivity index (χ2n) is 11.7. The summed E-state index contributed by atoms with van der Waals surface area (Å²) in [6.45, 7) is 7.46. The normalized spacial score (nSPS) is 17.8. The summed E-state index contributed by atoms with van der Waals surface area (Å²) < 4.78 is 11.4. The zero-order valence-electron chi connectivity index (χ0n) is 26.7. The fraction of sp³-hybridized carbons (Fsp3) is 0.394. The van der Waals surface area contributed by atoms with E-state index >= 15 is 0 Å². The molecule has 0 saturated carbocycles. The molecule has 14 nitrogen and oxygen atoms in total. The molecule has 2 aromatic carbocycles. The van der Waals surface area contributed by atoms with Crippen molar-refractivity contribution in [2.45, 2.75) is 38.8 Å². The molecule has 2 fully saturated rings. The third kappa shape index (κ3) is 7.09. The van der Waals surface area contributed by atoms with Crippen molar-refractivity contribution in [3.05, 3.63) is 71.1 Å². The number of nitrogens with one attached hydrogen (secondary N) is 3. The van der Waals surface area contributed by atoms with Crippen LogP contribution in [-0.2, 0) is 22.5 Å². The summed E-state index contributed by atoms with van der Waals surface area (Å²) in [5.41, 5.74) is 15.0. The van der Waals surface area contributed by atoms with Gasteiger partial charge in [0.2, 0.25) is 0 Å². The summed E-state index contributed by atoms with van der Waals surface area (Å²) >= 11 is 0. The van der Waals surface area contributed by atoms with Gasteiger partial charge in [0.25, 0.3) is 11.8 Å². The largest absolute Gasteiger partial charge is 0.495 e. The number of fused-ring (bicyclic) bond motifs is 1. The fourth-order valence-corrected chi connectivity index (χ4v) is 6.17. The summed E-state index contributed by atoms with van der Waals surface area (Å²) in [5, 5.41) is 14.7. The highest BCUT2D eigenvalue weighted by molar-refractivity contribution is 6.00. The number of carbonyl (C=O) groups is 2. The molecule has 1 aromatic heterocycles. The summed E-state index contributed by atoms with van der Waals surface area (Å²) in [6.07, 6.45) is 3.38. The molecule has 6 bridgehead atoms. The minimum Gasteiger partial charge on any atom is -0.495 e. The van der Waals surface area contributed by atoms with E-state index in [0.29, 0.717) is 53.8 Å². The monoisotopic (exact) mass is 643 g/mol. The highest BCUT2D eigenvalue weighted by atomic mass is 16.5. The van der Waals surface area contributed by atoms with E-state index in [1.165, 1.54) is 6.08 Å². The van der Waals surface area contributed by atoms with Crippen molar-refractivity contribution in [1.82, 2.24) is 20.3 Å². The smallest absolute Gasteiger partial charge is 0.271 e. The Labute approximate surface area is 273 Å². The number of amides is 2. The molecule has 3 aromatic rings. The number of aromatic nitrogens is 2. The van der Waals surface area contributed by atoms with Gasteiger partial charge in [-0.3, -0.25) is 30.1 Å². The number of piperazine rings is 1. The average molecular weight is 644 g/mol. The van der Waals surface area contributed by atoms with E-state index in [9.17, 15) is 14.8 Å². The van der Waals surface area contributed by atoms with Crippen molar-refractivity contribution in [3.63, 3.8) is 0 Å². The van der Waals surface area contributed by atoms with Crippen LogP contribution in [-0.4, -0.2) is 84.4 Å². The second-order valence-corrected chi connectivity index (χ2v) is 11.7. The first-order valence-electron chi connectivity index (χ1n) is 15.9. The molecule has 10 rings (SSSR count). The molecule has 248 valence electrons. The van der Waals surface area contributed by atoms with Gasteiger partial charge in [-0.25, -0.2) is 15.4 Å². The molecule has 0 spiro atoms. The van der Waals surface area contributed by atoms with Gasteiger partial charge in [0.05, 0.1) is 29.9 Å². The minimum absolute atomic E-state index is 0.0580. The van der Waals surface area contributed by atoms with Gasteiger partial charge in [-0.1, -0.05) is 31.2 Å². The third-order valence-corrected chi connectivity index (χ3v) is 8.73. The van der Waals surface area contributed by atoms with Crippen molar-refractivity contribution in [2.75, 3.05) is 67.2 Å². The predicted octanol–water partition coefficient (Wildman–Crippen LogP) is 2.75. The van der Waals surface area contributed by atoms with Crippen LogP contribution >= 0.6 is 0 Å². The molecule has 14 heteroatoms. The lowest BCUT2D eigenvalue weighted by molar-refractivity contribution is -0.124. The molecule has 2 saturated heterocycles. The molecule has 0 radical (unpaired) electrons. The standard InChI is InChI=1S/C33H41N9O5/c1-3-25-32(35-23-10-16-47-17-11-23)37-33(30(36-25)31(34)44)38-42-24-8-9-26(28(18-24)46-2)41-14-12-40(13-15-41)20-21-4-6-22(7-5-21)27(42)19-29(43)39-45/h4-9,18-19,23,45H,3,10-17,20H2,1-2H3,(H2,34,44)(H,39,43)(H2,35,37,38)/b27-19+. The van der Waals surface area contributed by atoms with Gasteiger partial charge in [-0.2, -0.15) is 0 Å². The van der Waals surface area contributed by atoms with Crippen LogP contribution in [0.25, 0.3) is 5.70 Å². The van der Waals surface area contributed by atoms with Gasteiger partial charge < -0.3 is 25.4 Å². The Hall–Kier alpha value is -4.92. The predicted molar refractivity (Wildman–Crippen MR) is 178 cm³/mol. The lowest BCUT2D eigenvalue weighted by Crippen LogP contribution is -2.46. The summed E-state index contributed by atoms with van der Waals surface area (Å²) in [7, 11) is 1.62. The summed E-state index contributed by atoms with van der Waals surface area (Å²) in [6, 6.07) is 13.7. The average Bonchev–Trinajstić information content (AvgIpc) is 3.11. The number of hydroxylamine groups is 1. The Balaban J connectivity index is 1.52. The highest BCUT2D eigenvalue weighted by Gasteiger charge is 2.27. The van der Waals surface area contributed by atoms with E-state index < -0.39 is 11.8 Å². The van der Waals surface area contributed by atoms with E-state index in [1.54, 1.807) is 17.6 Å². The SMILES string of the molecule is CCc1nc(C(N)=O)c(NN2/C(=C/C(=O)NO)c3ccc(cc3)CN3CCN(CC3)c3ccc2cc3OC)nc1NC1CCOCC1. The number of primary amides is 1. The molecule has 7 aliphatic rings. The number of methoxy groups -OCH3 is 1. The zero-order chi connectivity index (χ0) is 32.9. The van der Waals surface area contributed by atoms with Crippen LogP contribution in [0.5, 0.6) is 5.75 Å². The van der Waals surface area contributed by atoms with Crippen LogP contribution in [0, 0.1) is 0 Å². The van der Waals surface area contributed by atoms with Crippen molar-refractivity contribution < 1.29 is 24.3 Å². The van der Waals surface area contributed by atoms with Gasteiger partial charge in [0, 0.05) is 69.7 Å². The Kier molecular flexibility index (Phi) is 9.71. The highest BCUT2D eigenvalue weighted by Crippen LogP contribution is 2.37. The molecule has 8 heterocycles. The molecule has 0 aliphatic carbocycles. The number of nitrogens with two attached hydrogens (primary N) is 1. The van der Waals surface area contributed by atoms with Crippen LogP contribution in [0.15, 0.2) is 48.5 Å². The number of hydrogen-bond acceptors (Lipinski definition) is 12. The quantitative estimate of drug-likeness (QED) is 0.138. The molecule has 47 heavy (non-hydrogen) atoms. The number of hydrogen-bond donors (Lipinski definition) is 5. The summed E-state index contributed by atoms with van der Waals surface area (Å²) in [4.78, 5) is 39.8. The summed E-state index contributed by atoms with van der Waals surface area (Å²) in [5.74, 6) is -0.271. The Morgan fingerprint density at radius 1 is 1.06 bits per heavy atom. The number of nitrogens with zero attached hydrogens (tertiary/aromatic N) is 5. The number of carbonyl (C=O) groups excluding carboxylic acids is 2. The number of rotatable bonds is 8. The number of benzene rings is 2. The van der Waals surface area contributed by atoms with Gasteiger partial charge in [0.15, 0.2) is 17.3 Å². The maximum Gasteiger partial charge on any atom is 0.271 e. The van der Waals surface area contributed by atoms with E-state index in [0.717, 1.165) is 56.8 Å². The molecule has 6 N–H and O–H groups in total. The van der Waals surface area contributed by atoms with Crippen LogP contribution in [0.1, 0.15) is 47.1 Å². The molecular weight excluding hydrogens is 602 g/mol. The minimum atomic E-state index is -0.764. The first kappa shape index (κ1) is 32.0. The second kappa shape index (κ2) is 14.2. The van der Waals surface area contributed by atoms with Crippen molar-refractivity contribution in [3.8, 4) is 5.75 Å².